The van der Waals surface area contributed by atoms with Gasteiger partial charge >= 0.3 is 0 Å². The van der Waals surface area contributed by atoms with Crippen molar-refractivity contribution in [3.05, 3.63) is 45.4 Å². The number of halogens is 1. The van der Waals surface area contributed by atoms with Crippen molar-refractivity contribution < 1.29 is 5.11 Å². The van der Waals surface area contributed by atoms with Crippen molar-refractivity contribution in [2.75, 3.05) is 5.75 Å². The van der Waals surface area contributed by atoms with Crippen LogP contribution in [0, 0.1) is 6.92 Å². The molecule has 0 saturated carbocycles. The van der Waals surface area contributed by atoms with Crippen LogP contribution in [-0.4, -0.2) is 21.9 Å². The number of aliphatic hydroxyl groups is 1. The van der Waals surface area contributed by atoms with Crippen molar-refractivity contribution in [3.8, 4) is 0 Å². The van der Waals surface area contributed by atoms with E-state index in [9.17, 15) is 5.11 Å². The third-order valence-electron chi connectivity index (χ3n) is 2.34. The third-order valence-corrected chi connectivity index (χ3v) is 4.99. The van der Waals surface area contributed by atoms with Crippen LogP contribution in [0.15, 0.2) is 34.5 Å². The van der Waals surface area contributed by atoms with Crippen LogP contribution in [0.3, 0.4) is 0 Å². The van der Waals surface area contributed by atoms with Crippen molar-refractivity contribution in [1.82, 2.24) is 4.98 Å². The van der Waals surface area contributed by atoms with Crippen molar-refractivity contribution in [1.29, 1.82) is 0 Å². The predicted molar refractivity (Wildman–Crippen MR) is 78.7 cm³/mol. The zero-order valence-electron chi connectivity index (χ0n) is 9.97. The number of aliphatic hydroxyl groups excluding tert-OH is 1. The van der Waals surface area contributed by atoms with Gasteiger partial charge < -0.3 is 5.11 Å². The fourth-order valence-electron chi connectivity index (χ4n) is 1.50. The Kier molecular flexibility index (Phi) is 5.06. The van der Waals surface area contributed by atoms with E-state index in [4.69, 9.17) is 11.6 Å². The Morgan fingerprint density at radius 3 is 2.89 bits per heavy atom. The lowest BCUT2D eigenvalue weighted by atomic mass is 10.3. The summed E-state index contributed by atoms with van der Waals surface area (Å²) in [5, 5.41) is 13.7. The lowest BCUT2D eigenvalue weighted by Gasteiger charge is -2.09. The highest BCUT2D eigenvalue weighted by Gasteiger charge is 2.10. The Morgan fingerprint density at radius 2 is 2.22 bits per heavy atom. The Morgan fingerprint density at radius 1 is 1.44 bits per heavy atom. The smallest absolute Gasteiger partial charge is 0.0954 e. The SMILES string of the molecule is Cc1csc(CC(O)CSc2ccccc2Cl)n1. The van der Waals surface area contributed by atoms with Crippen molar-refractivity contribution in [3.63, 3.8) is 0 Å². The summed E-state index contributed by atoms with van der Waals surface area (Å²) in [7, 11) is 0. The standard InChI is InChI=1S/C13H14ClNOS2/c1-9-7-18-13(15-9)6-10(16)8-17-12-5-3-2-4-11(12)14/h2-5,7,10,16H,6,8H2,1H3. The molecule has 0 radical (unpaired) electrons. The van der Waals surface area contributed by atoms with Crippen LogP contribution < -0.4 is 0 Å². The molecule has 1 unspecified atom stereocenters. The van der Waals surface area contributed by atoms with Crippen LogP contribution in [-0.2, 0) is 6.42 Å². The van der Waals surface area contributed by atoms with Gasteiger partial charge in [-0.2, -0.15) is 0 Å². The summed E-state index contributed by atoms with van der Waals surface area (Å²) in [4.78, 5) is 5.35. The topological polar surface area (TPSA) is 33.1 Å². The van der Waals surface area contributed by atoms with Crippen LogP contribution in [0.4, 0.5) is 0 Å². The summed E-state index contributed by atoms with van der Waals surface area (Å²) in [6.45, 7) is 1.96. The maximum absolute atomic E-state index is 9.97. The van der Waals surface area contributed by atoms with Crippen molar-refractivity contribution >= 4 is 34.7 Å². The van der Waals surface area contributed by atoms with Gasteiger partial charge in [0.2, 0.25) is 0 Å². The fourth-order valence-corrected chi connectivity index (χ4v) is 3.52. The first-order valence-corrected chi connectivity index (χ1v) is 7.86. The van der Waals surface area contributed by atoms with E-state index in [0.717, 1.165) is 20.6 Å². The van der Waals surface area contributed by atoms with Gasteiger partial charge in [-0.1, -0.05) is 23.7 Å². The number of nitrogens with zero attached hydrogens (tertiary/aromatic N) is 1. The van der Waals surface area contributed by atoms with E-state index in [1.54, 1.807) is 23.1 Å². The molecule has 0 aliphatic rings. The number of hydrogen-bond acceptors (Lipinski definition) is 4. The van der Waals surface area contributed by atoms with Gasteiger partial charge in [0.05, 0.1) is 16.1 Å². The van der Waals surface area contributed by atoms with Gasteiger partial charge in [-0.05, 0) is 19.1 Å². The highest BCUT2D eigenvalue weighted by Crippen LogP contribution is 2.27. The maximum atomic E-state index is 9.97. The lowest BCUT2D eigenvalue weighted by molar-refractivity contribution is 0.200. The van der Waals surface area contributed by atoms with Crippen LogP contribution >= 0.6 is 34.7 Å². The number of rotatable bonds is 5. The van der Waals surface area contributed by atoms with Crippen LogP contribution in [0.1, 0.15) is 10.7 Å². The highest BCUT2D eigenvalue weighted by molar-refractivity contribution is 7.99. The summed E-state index contributed by atoms with van der Waals surface area (Å²) in [6.07, 6.45) is 0.215. The fraction of sp³-hybridized carbons (Fsp3) is 0.308. The molecule has 0 aliphatic heterocycles. The van der Waals surface area contributed by atoms with E-state index in [-0.39, 0.29) is 0 Å². The molecule has 1 aromatic heterocycles. The van der Waals surface area contributed by atoms with E-state index in [2.05, 4.69) is 4.98 Å². The largest absolute Gasteiger partial charge is 0.392 e. The van der Waals surface area contributed by atoms with E-state index in [0.29, 0.717) is 12.2 Å². The van der Waals surface area contributed by atoms with Gasteiger partial charge in [0.25, 0.3) is 0 Å². The van der Waals surface area contributed by atoms with Gasteiger partial charge in [0.15, 0.2) is 0 Å². The van der Waals surface area contributed by atoms with Gasteiger partial charge in [0, 0.05) is 28.1 Å². The maximum Gasteiger partial charge on any atom is 0.0954 e. The Balaban J connectivity index is 1.85. The first kappa shape index (κ1) is 13.9. The molecule has 2 nitrogen and oxygen atoms in total. The quantitative estimate of drug-likeness (QED) is 0.853. The van der Waals surface area contributed by atoms with Crippen LogP contribution in [0.2, 0.25) is 5.02 Å². The van der Waals surface area contributed by atoms with Gasteiger partial charge in [-0.25, -0.2) is 4.98 Å². The summed E-state index contributed by atoms with van der Waals surface area (Å²) in [5.41, 5.74) is 1.01. The first-order chi connectivity index (χ1) is 8.65. The zero-order valence-corrected chi connectivity index (χ0v) is 12.4. The second-order valence-electron chi connectivity index (χ2n) is 3.98. The molecule has 18 heavy (non-hydrogen) atoms. The highest BCUT2D eigenvalue weighted by atomic mass is 35.5. The Labute approximate surface area is 120 Å². The Bertz CT molecular complexity index is 515. The number of benzene rings is 1. The third kappa shape index (κ3) is 3.99. The molecule has 2 aromatic rings. The van der Waals surface area contributed by atoms with Crippen LogP contribution in [0.25, 0.3) is 0 Å². The van der Waals surface area contributed by atoms with E-state index >= 15 is 0 Å². The molecule has 0 spiro atoms. The summed E-state index contributed by atoms with van der Waals surface area (Å²) in [6, 6.07) is 7.68. The number of thioether (sulfide) groups is 1. The second kappa shape index (κ2) is 6.57. The number of hydrogen-bond donors (Lipinski definition) is 1. The second-order valence-corrected chi connectivity index (χ2v) is 6.39. The molecule has 0 amide bonds. The molecule has 1 N–H and O–H groups in total. The van der Waals surface area contributed by atoms with Crippen molar-refractivity contribution in [2.45, 2.75) is 24.3 Å². The summed E-state index contributed by atoms with van der Waals surface area (Å²) < 4.78 is 0. The monoisotopic (exact) mass is 299 g/mol. The average molecular weight is 300 g/mol. The predicted octanol–water partition coefficient (Wildman–Crippen LogP) is 3.80. The van der Waals surface area contributed by atoms with E-state index < -0.39 is 6.10 Å². The van der Waals surface area contributed by atoms with Gasteiger partial charge in [-0.15, -0.1) is 23.1 Å². The van der Waals surface area contributed by atoms with Crippen LogP contribution in [0.5, 0.6) is 0 Å². The zero-order chi connectivity index (χ0) is 13.0. The molecule has 96 valence electrons. The van der Waals surface area contributed by atoms with E-state index in [1.165, 1.54) is 0 Å². The number of aryl methyl sites for hydroxylation is 1. The normalized spacial score (nSPS) is 12.6. The van der Waals surface area contributed by atoms with Crippen molar-refractivity contribution in [2.24, 2.45) is 0 Å². The molecule has 1 aromatic carbocycles. The minimum Gasteiger partial charge on any atom is -0.392 e. The number of thiazole rings is 1. The minimum absolute atomic E-state index is 0.392. The average Bonchev–Trinajstić information content (AvgIpc) is 2.74. The van der Waals surface area contributed by atoms with Gasteiger partial charge in [-0.3, -0.25) is 0 Å². The van der Waals surface area contributed by atoms with Gasteiger partial charge in [0.1, 0.15) is 0 Å². The molecule has 1 heterocycles. The summed E-state index contributed by atoms with van der Waals surface area (Å²) >= 11 is 9.23. The summed E-state index contributed by atoms with van der Waals surface area (Å²) in [5.74, 6) is 0.627. The lowest BCUT2D eigenvalue weighted by Crippen LogP contribution is -2.13. The molecule has 0 bridgehead atoms. The molecular formula is C13H14ClNOS2. The minimum atomic E-state index is -0.392. The number of aromatic nitrogens is 1. The molecule has 1 atom stereocenters. The molecule has 2 rings (SSSR count). The molecule has 0 saturated heterocycles. The first-order valence-electron chi connectivity index (χ1n) is 5.61. The molecule has 0 fully saturated rings. The molecule has 0 aliphatic carbocycles. The molecular weight excluding hydrogens is 286 g/mol. The Hall–Kier alpha value is -0.550. The molecule has 5 heteroatoms. The van der Waals surface area contributed by atoms with E-state index in [1.807, 2.05) is 36.6 Å².